The lowest BCUT2D eigenvalue weighted by Gasteiger charge is -2.17. The van der Waals surface area contributed by atoms with E-state index in [9.17, 15) is 5.11 Å². The molecule has 2 aliphatic rings. The summed E-state index contributed by atoms with van der Waals surface area (Å²) in [5.74, 6) is 1.29. The van der Waals surface area contributed by atoms with Crippen LogP contribution < -0.4 is 0 Å². The second-order valence-electron chi connectivity index (χ2n) is 5.52. The van der Waals surface area contributed by atoms with Gasteiger partial charge in [-0.25, -0.2) is 0 Å². The highest BCUT2D eigenvalue weighted by Crippen LogP contribution is 2.37. The van der Waals surface area contributed by atoms with E-state index in [1.54, 1.807) is 0 Å². The largest absolute Gasteiger partial charge is 0.393 e. The van der Waals surface area contributed by atoms with Crippen LogP contribution >= 0.6 is 0 Å². The van der Waals surface area contributed by atoms with E-state index >= 15 is 0 Å². The second-order valence-corrected chi connectivity index (χ2v) is 5.52. The lowest BCUT2D eigenvalue weighted by atomic mass is 10.00. The van der Waals surface area contributed by atoms with Gasteiger partial charge in [-0.1, -0.05) is 0 Å². The third-order valence-electron chi connectivity index (χ3n) is 4.50. The van der Waals surface area contributed by atoms with Gasteiger partial charge in [0.05, 0.1) is 6.10 Å². The molecule has 0 spiro atoms. The standard InChI is InChI=1S/C13H21N3O/c1-15-11(4-6-14-15)5-7-16-8-10-2-3-13(17)12(10)9-16/h4,6,10,12-13,17H,2-3,5,7-9H2,1H3. The van der Waals surface area contributed by atoms with Crippen molar-refractivity contribution in [2.24, 2.45) is 18.9 Å². The van der Waals surface area contributed by atoms with Crippen LogP contribution in [0.2, 0.25) is 0 Å². The molecule has 0 aromatic carbocycles. The second kappa shape index (κ2) is 4.42. The van der Waals surface area contributed by atoms with E-state index in [1.165, 1.54) is 18.7 Å². The van der Waals surface area contributed by atoms with Gasteiger partial charge in [0.2, 0.25) is 0 Å². The lowest BCUT2D eigenvalue weighted by molar-refractivity contribution is 0.124. The fourth-order valence-corrected chi connectivity index (χ4v) is 3.43. The minimum absolute atomic E-state index is 0.0401. The van der Waals surface area contributed by atoms with Gasteiger partial charge in [0.1, 0.15) is 0 Å². The summed E-state index contributed by atoms with van der Waals surface area (Å²) in [5.41, 5.74) is 1.29. The summed E-state index contributed by atoms with van der Waals surface area (Å²) in [6, 6.07) is 2.09. The van der Waals surface area contributed by atoms with E-state index in [0.717, 1.165) is 31.8 Å². The maximum absolute atomic E-state index is 9.87. The molecule has 1 saturated heterocycles. The smallest absolute Gasteiger partial charge is 0.0583 e. The first-order valence-corrected chi connectivity index (χ1v) is 6.61. The van der Waals surface area contributed by atoms with E-state index in [-0.39, 0.29) is 6.10 Å². The third kappa shape index (κ3) is 2.11. The van der Waals surface area contributed by atoms with E-state index in [2.05, 4.69) is 16.1 Å². The Labute approximate surface area is 102 Å². The topological polar surface area (TPSA) is 41.3 Å². The number of aryl methyl sites for hydroxylation is 1. The molecule has 4 heteroatoms. The van der Waals surface area contributed by atoms with Crippen molar-refractivity contribution in [1.82, 2.24) is 14.7 Å². The van der Waals surface area contributed by atoms with E-state index in [1.807, 2.05) is 17.9 Å². The van der Waals surface area contributed by atoms with E-state index < -0.39 is 0 Å². The Bertz CT molecular complexity index is 390. The van der Waals surface area contributed by atoms with Gasteiger partial charge < -0.3 is 10.0 Å². The molecule has 2 heterocycles. The van der Waals surface area contributed by atoms with Crippen molar-refractivity contribution in [3.63, 3.8) is 0 Å². The molecule has 1 aromatic rings. The van der Waals surface area contributed by atoms with E-state index in [0.29, 0.717) is 5.92 Å². The van der Waals surface area contributed by atoms with Crippen molar-refractivity contribution in [2.75, 3.05) is 19.6 Å². The first-order chi connectivity index (χ1) is 8.24. The lowest BCUT2D eigenvalue weighted by Crippen LogP contribution is -2.27. The summed E-state index contributed by atoms with van der Waals surface area (Å²) in [5, 5.41) is 14.1. The molecule has 3 rings (SSSR count). The van der Waals surface area contributed by atoms with Crippen LogP contribution in [0, 0.1) is 11.8 Å². The van der Waals surface area contributed by atoms with Crippen molar-refractivity contribution in [2.45, 2.75) is 25.4 Å². The van der Waals surface area contributed by atoms with Crippen LogP contribution in [0.1, 0.15) is 18.5 Å². The molecular weight excluding hydrogens is 214 g/mol. The van der Waals surface area contributed by atoms with Crippen molar-refractivity contribution >= 4 is 0 Å². The molecule has 4 nitrogen and oxygen atoms in total. The normalized spacial score (nSPS) is 33.2. The Kier molecular flexibility index (Phi) is 2.92. The predicted octanol–water partition coefficient (Wildman–Crippen LogP) is 0.665. The average Bonchev–Trinajstić information content (AvgIpc) is 2.96. The maximum atomic E-state index is 9.87. The van der Waals surface area contributed by atoms with Crippen LogP contribution in [-0.4, -0.2) is 45.5 Å². The molecule has 1 aromatic heterocycles. The molecule has 1 saturated carbocycles. The van der Waals surface area contributed by atoms with Gasteiger partial charge in [0, 0.05) is 50.9 Å². The molecule has 1 N–H and O–H groups in total. The number of fused-ring (bicyclic) bond motifs is 1. The molecule has 3 unspecified atom stereocenters. The molecule has 1 aliphatic carbocycles. The summed E-state index contributed by atoms with van der Waals surface area (Å²) in [6.45, 7) is 3.36. The summed E-state index contributed by atoms with van der Waals surface area (Å²) < 4.78 is 1.95. The van der Waals surface area contributed by atoms with Crippen LogP contribution in [-0.2, 0) is 13.5 Å². The number of hydrogen-bond donors (Lipinski definition) is 1. The number of aliphatic hydroxyl groups is 1. The van der Waals surface area contributed by atoms with Crippen molar-refractivity contribution in [3.8, 4) is 0 Å². The molecule has 1 aliphatic heterocycles. The molecule has 3 atom stereocenters. The van der Waals surface area contributed by atoms with Crippen LogP contribution in [0.4, 0.5) is 0 Å². The summed E-state index contributed by atoms with van der Waals surface area (Å²) in [7, 11) is 2.00. The van der Waals surface area contributed by atoms with Crippen molar-refractivity contribution in [1.29, 1.82) is 0 Å². The van der Waals surface area contributed by atoms with Crippen LogP contribution in [0.3, 0.4) is 0 Å². The molecule has 0 radical (unpaired) electrons. The first-order valence-electron chi connectivity index (χ1n) is 6.61. The van der Waals surface area contributed by atoms with Gasteiger partial charge >= 0.3 is 0 Å². The molecule has 17 heavy (non-hydrogen) atoms. The number of aromatic nitrogens is 2. The average molecular weight is 235 g/mol. The van der Waals surface area contributed by atoms with Crippen molar-refractivity contribution < 1.29 is 5.11 Å². The minimum Gasteiger partial charge on any atom is -0.393 e. The van der Waals surface area contributed by atoms with E-state index in [4.69, 9.17) is 0 Å². The zero-order valence-electron chi connectivity index (χ0n) is 10.4. The highest BCUT2D eigenvalue weighted by atomic mass is 16.3. The predicted molar refractivity (Wildman–Crippen MR) is 65.6 cm³/mol. The quantitative estimate of drug-likeness (QED) is 0.837. The SMILES string of the molecule is Cn1nccc1CCN1CC2CCC(O)C2C1. The number of hydrogen-bond acceptors (Lipinski definition) is 3. The van der Waals surface area contributed by atoms with Gasteiger partial charge in [-0.05, 0) is 24.8 Å². The first kappa shape index (κ1) is 11.2. The van der Waals surface area contributed by atoms with Gasteiger partial charge in [0.15, 0.2) is 0 Å². The van der Waals surface area contributed by atoms with Gasteiger partial charge in [0.25, 0.3) is 0 Å². The maximum Gasteiger partial charge on any atom is 0.0583 e. The summed E-state index contributed by atoms with van der Waals surface area (Å²) >= 11 is 0. The van der Waals surface area contributed by atoms with Crippen LogP contribution in [0.5, 0.6) is 0 Å². The Balaban J connectivity index is 1.53. The van der Waals surface area contributed by atoms with Gasteiger partial charge in [-0.2, -0.15) is 5.10 Å². The number of nitrogens with zero attached hydrogens (tertiary/aromatic N) is 3. The zero-order chi connectivity index (χ0) is 11.8. The highest BCUT2D eigenvalue weighted by molar-refractivity contribution is 5.01. The van der Waals surface area contributed by atoms with Gasteiger partial charge in [-0.3, -0.25) is 4.68 Å². The van der Waals surface area contributed by atoms with Crippen molar-refractivity contribution in [3.05, 3.63) is 18.0 Å². The fraction of sp³-hybridized carbons (Fsp3) is 0.769. The molecule has 0 bridgehead atoms. The fourth-order valence-electron chi connectivity index (χ4n) is 3.43. The summed E-state index contributed by atoms with van der Waals surface area (Å²) in [6.07, 6.45) is 5.12. The minimum atomic E-state index is -0.0401. The highest BCUT2D eigenvalue weighted by Gasteiger charge is 2.41. The number of likely N-dealkylation sites (tertiary alicyclic amines) is 1. The number of rotatable bonds is 3. The Hall–Kier alpha value is -0.870. The molecular formula is C13H21N3O. The van der Waals surface area contributed by atoms with Crippen LogP contribution in [0.25, 0.3) is 0 Å². The monoisotopic (exact) mass is 235 g/mol. The van der Waals surface area contributed by atoms with Crippen LogP contribution in [0.15, 0.2) is 12.3 Å². The Morgan fingerprint density at radius 2 is 2.29 bits per heavy atom. The third-order valence-corrected chi connectivity index (χ3v) is 4.50. The summed E-state index contributed by atoms with van der Waals surface area (Å²) in [4.78, 5) is 2.50. The zero-order valence-corrected chi connectivity index (χ0v) is 10.4. The molecule has 0 amide bonds. The molecule has 2 fully saturated rings. The van der Waals surface area contributed by atoms with Gasteiger partial charge in [-0.15, -0.1) is 0 Å². The Morgan fingerprint density at radius 1 is 1.41 bits per heavy atom. The number of aliphatic hydroxyl groups excluding tert-OH is 1. The molecule has 94 valence electrons. The Morgan fingerprint density at radius 3 is 3.00 bits per heavy atom.